The van der Waals surface area contributed by atoms with Gasteiger partial charge in [-0.2, -0.15) is 0 Å². The van der Waals surface area contributed by atoms with Gasteiger partial charge < -0.3 is 14.5 Å². The van der Waals surface area contributed by atoms with Crippen LogP contribution in [-0.4, -0.2) is 24.4 Å². The van der Waals surface area contributed by atoms with Gasteiger partial charge in [0.15, 0.2) is 0 Å². The summed E-state index contributed by atoms with van der Waals surface area (Å²) in [7, 11) is 3.40. The van der Waals surface area contributed by atoms with E-state index in [9.17, 15) is 0 Å². The molecule has 0 fully saturated rings. The highest BCUT2D eigenvalue weighted by atomic mass is 16.5. The van der Waals surface area contributed by atoms with Crippen LogP contribution in [0.3, 0.4) is 0 Å². The fraction of sp³-hybridized carbons (Fsp3) is 0.238. The van der Waals surface area contributed by atoms with E-state index < -0.39 is 0 Å². The van der Waals surface area contributed by atoms with E-state index in [4.69, 9.17) is 15.3 Å². The molecule has 3 rings (SSSR count). The molecule has 0 bridgehead atoms. The van der Waals surface area contributed by atoms with Crippen LogP contribution in [0.1, 0.15) is 16.7 Å². The third kappa shape index (κ3) is 4.17. The topological polar surface area (TPSA) is 73.5 Å². The average molecular weight is 364 g/mol. The number of hydrazine groups is 1. The van der Waals surface area contributed by atoms with Crippen molar-refractivity contribution in [2.24, 2.45) is 5.84 Å². The maximum absolute atomic E-state index is 6.08. The summed E-state index contributed by atoms with van der Waals surface area (Å²) < 4.78 is 11.1. The van der Waals surface area contributed by atoms with Crippen molar-refractivity contribution in [3.05, 3.63) is 65.2 Å². The highest BCUT2D eigenvalue weighted by molar-refractivity contribution is 5.62. The molecule has 0 radical (unpaired) electrons. The third-order valence-corrected chi connectivity index (χ3v) is 4.46. The minimum atomic E-state index is 0.450. The molecule has 140 valence electrons. The van der Waals surface area contributed by atoms with Gasteiger partial charge in [0.05, 0.1) is 18.5 Å². The Morgan fingerprint density at radius 2 is 1.81 bits per heavy atom. The van der Waals surface area contributed by atoms with E-state index >= 15 is 0 Å². The van der Waals surface area contributed by atoms with Gasteiger partial charge in [-0.05, 0) is 55.3 Å². The molecule has 6 nitrogen and oxygen atoms in total. The van der Waals surface area contributed by atoms with Gasteiger partial charge in [-0.1, -0.05) is 12.1 Å². The third-order valence-electron chi connectivity index (χ3n) is 4.46. The number of methoxy groups -OCH3 is 1. The highest BCUT2D eigenvalue weighted by Crippen LogP contribution is 2.28. The molecule has 6 heteroatoms. The molecule has 0 aliphatic carbocycles. The van der Waals surface area contributed by atoms with Gasteiger partial charge in [-0.3, -0.25) is 0 Å². The minimum Gasteiger partial charge on any atom is -0.489 e. The van der Waals surface area contributed by atoms with Crippen LogP contribution in [0.4, 0.5) is 5.69 Å². The van der Waals surface area contributed by atoms with Crippen molar-refractivity contribution in [2.45, 2.75) is 20.5 Å². The second kappa shape index (κ2) is 8.05. The molecular formula is C21H24N4O2. The zero-order valence-electron chi connectivity index (χ0n) is 16.1. The van der Waals surface area contributed by atoms with E-state index in [1.165, 1.54) is 0 Å². The number of aryl methyl sites for hydroxylation is 2. The van der Waals surface area contributed by atoms with Gasteiger partial charge in [0, 0.05) is 24.2 Å². The Labute approximate surface area is 159 Å². The first-order chi connectivity index (χ1) is 13.0. The fourth-order valence-corrected chi connectivity index (χ4v) is 2.91. The highest BCUT2D eigenvalue weighted by Gasteiger charge is 2.10. The first kappa shape index (κ1) is 18.7. The molecule has 3 aromatic rings. The summed E-state index contributed by atoms with van der Waals surface area (Å²) in [4.78, 5) is 0. The molecular weight excluding hydrogens is 340 g/mol. The van der Waals surface area contributed by atoms with E-state index in [1.54, 1.807) is 18.2 Å². The Morgan fingerprint density at radius 1 is 1.00 bits per heavy atom. The van der Waals surface area contributed by atoms with E-state index in [-0.39, 0.29) is 0 Å². The Kier molecular flexibility index (Phi) is 5.57. The largest absolute Gasteiger partial charge is 0.489 e. The predicted molar refractivity (Wildman–Crippen MR) is 107 cm³/mol. The van der Waals surface area contributed by atoms with Crippen LogP contribution in [0.15, 0.2) is 48.5 Å². The van der Waals surface area contributed by atoms with Crippen molar-refractivity contribution >= 4 is 5.69 Å². The van der Waals surface area contributed by atoms with Gasteiger partial charge >= 0.3 is 0 Å². The van der Waals surface area contributed by atoms with Gasteiger partial charge in [-0.25, -0.2) is 5.84 Å². The molecule has 0 saturated carbocycles. The summed E-state index contributed by atoms with van der Waals surface area (Å²) in [6, 6.07) is 15.7. The average Bonchev–Trinajstić information content (AvgIpc) is 2.67. The first-order valence-corrected chi connectivity index (χ1v) is 8.68. The molecule has 0 aliphatic rings. The van der Waals surface area contributed by atoms with Crippen LogP contribution in [0.5, 0.6) is 11.6 Å². The van der Waals surface area contributed by atoms with Crippen LogP contribution >= 0.6 is 0 Å². The Bertz CT molecular complexity index is 924. The number of hydrogen-bond acceptors (Lipinski definition) is 6. The van der Waals surface area contributed by atoms with Crippen LogP contribution in [0.2, 0.25) is 0 Å². The van der Waals surface area contributed by atoms with Crippen molar-refractivity contribution in [1.29, 1.82) is 0 Å². The first-order valence-electron chi connectivity index (χ1n) is 8.68. The summed E-state index contributed by atoms with van der Waals surface area (Å²) in [6.07, 6.45) is 0. The van der Waals surface area contributed by atoms with Crippen molar-refractivity contribution in [3.63, 3.8) is 0 Å². The summed E-state index contributed by atoms with van der Waals surface area (Å²) >= 11 is 0. The van der Waals surface area contributed by atoms with Crippen molar-refractivity contribution < 1.29 is 9.47 Å². The molecule has 0 aliphatic heterocycles. The number of benzene rings is 2. The summed E-state index contributed by atoms with van der Waals surface area (Å²) in [5.74, 6) is 7.27. The van der Waals surface area contributed by atoms with Crippen LogP contribution < -0.4 is 20.3 Å². The maximum Gasteiger partial charge on any atom is 0.233 e. The normalized spacial score (nSPS) is 10.6. The summed E-state index contributed by atoms with van der Waals surface area (Å²) in [5, 5.41) is 9.82. The van der Waals surface area contributed by atoms with E-state index in [0.29, 0.717) is 12.5 Å². The van der Waals surface area contributed by atoms with Gasteiger partial charge in [0.25, 0.3) is 0 Å². The predicted octanol–water partition coefficient (Wildman–Crippen LogP) is 3.66. The number of nitrogens with zero attached hydrogens (tertiary/aromatic N) is 3. The molecule has 0 amide bonds. The minimum absolute atomic E-state index is 0.450. The molecule has 2 N–H and O–H groups in total. The number of rotatable bonds is 6. The van der Waals surface area contributed by atoms with Gasteiger partial charge in [-0.15, -0.1) is 10.2 Å². The van der Waals surface area contributed by atoms with Crippen molar-refractivity contribution in [2.75, 3.05) is 19.2 Å². The second-order valence-corrected chi connectivity index (χ2v) is 6.41. The molecule has 0 atom stereocenters. The number of hydrogen-bond donors (Lipinski definition) is 1. The summed E-state index contributed by atoms with van der Waals surface area (Å²) in [5.41, 5.74) is 5.98. The SMILES string of the molecule is COc1ccc(-c2ccc(OCc3c(C)cccc3N(C)N)c(C)c2)nn1. The van der Waals surface area contributed by atoms with Crippen molar-refractivity contribution in [3.8, 4) is 22.9 Å². The summed E-state index contributed by atoms with van der Waals surface area (Å²) in [6.45, 7) is 4.53. The van der Waals surface area contributed by atoms with E-state index in [1.807, 2.05) is 50.4 Å². The van der Waals surface area contributed by atoms with Gasteiger partial charge in [0.2, 0.25) is 5.88 Å². The molecule has 0 unspecified atom stereocenters. The van der Waals surface area contributed by atoms with E-state index in [0.717, 1.165) is 39.4 Å². The lowest BCUT2D eigenvalue weighted by Gasteiger charge is -2.19. The number of aromatic nitrogens is 2. The lowest BCUT2D eigenvalue weighted by molar-refractivity contribution is 0.303. The molecule has 0 saturated heterocycles. The molecule has 1 heterocycles. The second-order valence-electron chi connectivity index (χ2n) is 6.41. The Morgan fingerprint density at radius 3 is 2.44 bits per heavy atom. The quantitative estimate of drug-likeness (QED) is 0.531. The zero-order valence-corrected chi connectivity index (χ0v) is 16.1. The van der Waals surface area contributed by atoms with E-state index in [2.05, 4.69) is 23.2 Å². The van der Waals surface area contributed by atoms with Crippen molar-refractivity contribution in [1.82, 2.24) is 10.2 Å². The van der Waals surface area contributed by atoms with Crippen LogP contribution in [0, 0.1) is 13.8 Å². The maximum atomic E-state index is 6.08. The van der Waals surface area contributed by atoms with Gasteiger partial charge in [0.1, 0.15) is 12.4 Å². The number of nitrogens with two attached hydrogens (primary N) is 1. The molecule has 0 spiro atoms. The number of anilines is 1. The monoisotopic (exact) mass is 364 g/mol. The molecule has 27 heavy (non-hydrogen) atoms. The zero-order chi connectivity index (χ0) is 19.4. The molecule has 1 aromatic heterocycles. The lowest BCUT2D eigenvalue weighted by atomic mass is 10.1. The van der Waals surface area contributed by atoms with Crippen LogP contribution in [-0.2, 0) is 6.61 Å². The molecule has 2 aromatic carbocycles. The lowest BCUT2D eigenvalue weighted by Crippen LogP contribution is -2.26. The fourth-order valence-electron chi connectivity index (χ4n) is 2.91. The Hall–Kier alpha value is -3.12. The van der Waals surface area contributed by atoms with Crippen LogP contribution in [0.25, 0.3) is 11.3 Å². The number of ether oxygens (including phenoxy) is 2. The smallest absolute Gasteiger partial charge is 0.233 e. The standard InChI is InChI=1S/C21H24N4O2/c1-14-6-5-7-19(25(3)22)17(14)13-27-20-10-8-16(12-15(20)2)18-9-11-21(26-4)24-23-18/h5-12H,13,22H2,1-4H3. The Balaban J connectivity index is 1.79.